The van der Waals surface area contributed by atoms with Crippen molar-refractivity contribution >= 4 is 41.3 Å². The third-order valence-corrected chi connectivity index (χ3v) is 5.04. The van der Waals surface area contributed by atoms with Crippen molar-refractivity contribution in [2.24, 2.45) is 4.99 Å². The monoisotopic (exact) mass is 487 g/mol. The standard InChI is InChI=1S/C20H29N3OS.HI/c1-4-21-20(22-13-16(3)19-11-8-12-25-19)23-14-17-9-6-7-10-18(17)15-24-5-2;/h6-12,16H,4-5,13-15H2,1-3H3,(H2,21,22,23);1H. The van der Waals surface area contributed by atoms with Gasteiger partial charge in [0.05, 0.1) is 13.2 Å². The molecule has 0 saturated heterocycles. The molecule has 2 rings (SSSR count). The minimum atomic E-state index is 0. The molecule has 1 heterocycles. The Morgan fingerprint density at radius 1 is 1.12 bits per heavy atom. The second-order valence-electron chi connectivity index (χ2n) is 5.90. The maximum atomic E-state index is 5.56. The molecule has 0 aliphatic heterocycles. The highest BCUT2D eigenvalue weighted by Crippen LogP contribution is 2.19. The summed E-state index contributed by atoms with van der Waals surface area (Å²) in [5, 5.41) is 8.91. The SMILES string of the molecule is CCNC(=NCc1ccccc1COCC)NCC(C)c1cccs1.I. The lowest BCUT2D eigenvalue weighted by atomic mass is 10.1. The van der Waals surface area contributed by atoms with Crippen molar-refractivity contribution in [2.75, 3.05) is 19.7 Å². The van der Waals surface area contributed by atoms with Gasteiger partial charge in [0.1, 0.15) is 0 Å². The smallest absolute Gasteiger partial charge is 0.191 e. The maximum absolute atomic E-state index is 5.56. The van der Waals surface area contributed by atoms with Crippen LogP contribution in [0.3, 0.4) is 0 Å². The van der Waals surface area contributed by atoms with Crippen LogP contribution in [0, 0.1) is 0 Å². The molecular formula is C20H30IN3OS. The first-order chi connectivity index (χ1) is 12.2. The lowest BCUT2D eigenvalue weighted by Gasteiger charge is -2.15. The molecule has 0 radical (unpaired) electrons. The molecule has 2 aromatic rings. The average molecular weight is 487 g/mol. The number of guanidine groups is 1. The Morgan fingerprint density at radius 2 is 1.88 bits per heavy atom. The van der Waals surface area contributed by atoms with E-state index in [9.17, 15) is 0 Å². The van der Waals surface area contributed by atoms with Crippen LogP contribution in [0.2, 0.25) is 0 Å². The normalized spacial score (nSPS) is 12.3. The Kier molecular flexibility index (Phi) is 11.6. The van der Waals surface area contributed by atoms with Gasteiger partial charge in [0, 0.05) is 30.5 Å². The molecule has 144 valence electrons. The number of aliphatic imine (C=N–C) groups is 1. The predicted molar refractivity (Wildman–Crippen MR) is 123 cm³/mol. The van der Waals surface area contributed by atoms with Crippen LogP contribution in [-0.4, -0.2) is 25.7 Å². The Labute approximate surface area is 178 Å². The van der Waals surface area contributed by atoms with Crippen LogP contribution in [-0.2, 0) is 17.9 Å². The molecule has 0 amide bonds. The van der Waals surface area contributed by atoms with Crippen molar-refractivity contribution in [3.05, 3.63) is 57.8 Å². The summed E-state index contributed by atoms with van der Waals surface area (Å²) in [4.78, 5) is 6.14. The Balaban J connectivity index is 0.00000338. The molecule has 4 nitrogen and oxygen atoms in total. The second kappa shape index (κ2) is 13.1. The minimum Gasteiger partial charge on any atom is -0.377 e. The summed E-state index contributed by atoms with van der Waals surface area (Å²) in [5.41, 5.74) is 2.41. The molecule has 26 heavy (non-hydrogen) atoms. The highest BCUT2D eigenvalue weighted by atomic mass is 127. The maximum Gasteiger partial charge on any atom is 0.191 e. The van der Waals surface area contributed by atoms with E-state index in [1.165, 1.54) is 16.0 Å². The number of hydrogen-bond donors (Lipinski definition) is 2. The fourth-order valence-corrected chi connectivity index (χ4v) is 3.28. The molecule has 1 aromatic heterocycles. The zero-order chi connectivity index (χ0) is 17.9. The summed E-state index contributed by atoms with van der Waals surface area (Å²) in [5.74, 6) is 1.33. The number of hydrogen-bond acceptors (Lipinski definition) is 3. The highest BCUT2D eigenvalue weighted by molar-refractivity contribution is 14.0. The summed E-state index contributed by atoms with van der Waals surface area (Å²) in [6, 6.07) is 12.6. The van der Waals surface area contributed by atoms with E-state index in [2.05, 4.69) is 60.2 Å². The number of nitrogens with one attached hydrogen (secondary N) is 2. The topological polar surface area (TPSA) is 45.7 Å². The van der Waals surface area contributed by atoms with E-state index >= 15 is 0 Å². The van der Waals surface area contributed by atoms with Crippen molar-refractivity contribution in [1.29, 1.82) is 0 Å². The third-order valence-electron chi connectivity index (χ3n) is 3.94. The Hall–Kier alpha value is -1.12. The molecule has 0 aliphatic rings. The fraction of sp³-hybridized carbons (Fsp3) is 0.450. The van der Waals surface area contributed by atoms with Gasteiger partial charge < -0.3 is 15.4 Å². The first-order valence-electron chi connectivity index (χ1n) is 8.94. The van der Waals surface area contributed by atoms with Gasteiger partial charge in [0.2, 0.25) is 0 Å². The molecule has 0 aliphatic carbocycles. The molecule has 0 bridgehead atoms. The van der Waals surface area contributed by atoms with Crippen LogP contribution >= 0.6 is 35.3 Å². The molecule has 2 N–H and O–H groups in total. The van der Waals surface area contributed by atoms with Crippen molar-refractivity contribution in [2.45, 2.75) is 39.8 Å². The van der Waals surface area contributed by atoms with Crippen LogP contribution in [0.25, 0.3) is 0 Å². The summed E-state index contributed by atoms with van der Waals surface area (Å²) in [6.07, 6.45) is 0. The van der Waals surface area contributed by atoms with Crippen LogP contribution in [0.5, 0.6) is 0 Å². The van der Waals surface area contributed by atoms with Gasteiger partial charge in [-0.25, -0.2) is 4.99 Å². The van der Waals surface area contributed by atoms with Gasteiger partial charge in [-0.05, 0) is 36.4 Å². The predicted octanol–water partition coefficient (Wildman–Crippen LogP) is 4.76. The van der Waals surface area contributed by atoms with Crippen LogP contribution < -0.4 is 10.6 Å². The van der Waals surface area contributed by atoms with Crippen molar-refractivity contribution < 1.29 is 4.74 Å². The second-order valence-corrected chi connectivity index (χ2v) is 6.88. The highest BCUT2D eigenvalue weighted by Gasteiger charge is 2.08. The van der Waals surface area contributed by atoms with E-state index in [4.69, 9.17) is 9.73 Å². The average Bonchev–Trinajstić information content (AvgIpc) is 3.17. The number of halogens is 1. The quantitative estimate of drug-likeness (QED) is 0.305. The van der Waals surface area contributed by atoms with Gasteiger partial charge in [0.15, 0.2) is 5.96 Å². The molecule has 0 spiro atoms. The van der Waals surface area contributed by atoms with Gasteiger partial charge in [-0.3, -0.25) is 0 Å². The summed E-state index contributed by atoms with van der Waals surface area (Å²) < 4.78 is 5.56. The van der Waals surface area contributed by atoms with E-state index in [-0.39, 0.29) is 24.0 Å². The van der Waals surface area contributed by atoms with Crippen LogP contribution in [0.4, 0.5) is 0 Å². The molecule has 1 unspecified atom stereocenters. The molecule has 0 saturated carbocycles. The van der Waals surface area contributed by atoms with Gasteiger partial charge in [0.25, 0.3) is 0 Å². The fourth-order valence-electron chi connectivity index (χ4n) is 2.49. The molecule has 6 heteroatoms. The number of rotatable bonds is 9. The zero-order valence-corrected chi connectivity index (χ0v) is 19.0. The number of nitrogens with zero attached hydrogens (tertiary/aromatic N) is 1. The van der Waals surface area contributed by atoms with Crippen molar-refractivity contribution in [3.63, 3.8) is 0 Å². The lowest BCUT2D eigenvalue weighted by molar-refractivity contribution is 0.133. The zero-order valence-electron chi connectivity index (χ0n) is 15.8. The van der Waals surface area contributed by atoms with E-state index in [1.54, 1.807) is 11.3 Å². The minimum absolute atomic E-state index is 0. The first-order valence-corrected chi connectivity index (χ1v) is 9.82. The van der Waals surface area contributed by atoms with Crippen LogP contribution in [0.1, 0.15) is 42.7 Å². The lowest BCUT2D eigenvalue weighted by Crippen LogP contribution is -2.39. The largest absolute Gasteiger partial charge is 0.377 e. The molecule has 1 aromatic carbocycles. The molecule has 1 atom stereocenters. The summed E-state index contributed by atoms with van der Waals surface area (Å²) in [7, 11) is 0. The van der Waals surface area contributed by atoms with E-state index < -0.39 is 0 Å². The van der Waals surface area contributed by atoms with Gasteiger partial charge >= 0.3 is 0 Å². The summed E-state index contributed by atoms with van der Waals surface area (Å²) in [6.45, 7) is 10.1. The third kappa shape index (κ3) is 7.63. The van der Waals surface area contributed by atoms with E-state index in [0.717, 1.165) is 25.7 Å². The van der Waals surface area contributed by atoms with Gasteiger partial charge in [-0.1, -0.05) is 37.3 Å². The molecule has 0 fully saturated rings. The van der Waals surface area contributed by atoms with E-state index in [0.29, 0.717) is 19.1 Å². The number of benzene rings is 1. The van der Waals surface area contributed by atoms with Gasteiger partial charge in [-0.15, -0.1) is 35.3 Å². The van der Waals surface area contributed by atoms with Crippen molar-refractivity contribution in [3.8, 4) is 0 Å². The van der Waals surface area contributed by atoms with Gasteiger partial charge in [-0.2, -0.15) is 0 Å². The number of ether oxygens (including phenoxy) is 1. The van der Waals surface area contributed by atoms with Crippen molar-refractivity contribution in [1.82, 2.24) is 10.6 Å². The van der Waals surface area contributed by atoms with Crippen LogP contribution in [0.15, 0.2) is 46.8 Å². The Bertz CT molecular complexity index is 646. The van der Waals surface area contributed by atoms with E-state index in [1.807, 2.05) is 13.0 Å². The molecular weight excluding hydrogens is 457 g/mol. The Morgan fingerprint density at radius 3 is 2.54 bits per heavy atom. The number of thiophene rings is 1. The first kappa shape index (κ1) is 22.9. The summed E-state index contributed by atoms with van der Waals surface area (Å²) >= 11 is 1.80.